The molecule has 1 amide bonds. The second-order valence-electron chi connectivity index (χ2n) is 12.6. The van der Waals surface area contributed by atoms with E-state index in [9.17, 15) is 10.1 Å². The van der Waals surface area contributed by atoms with Crippen molar-refractivity contribution in [2.45, 2.75) is 69.4 Å². The number of hydrogen-bond acceptors (Lipinski definition) is 7. The van der Waals surface area contributed by atoms with E-state index in [4.69, 9.17) is 14.7 Å². The monoisotopic (exact) mass is 576 g/mol. The summed E-state index contributed by atoms with van der Waals surface area (Å²) in [5.74, 6) is 0.673. The summed E-state index contributed by atoms with van der Waals surface area (Å²) < 4.78 is 6.50. The van der Waals surface area contributed by atoms with Crippen LogP contribution >= 0.6 is 0 Å². The maximum absolute atomic E-state index is 12.6. The zero-order chi connectivity index (χ0) is 29.4. The van der Waals surface area contributed by atoms with Gasteiger partial charge in [0.05, 0.1) is 29.6 Å². The number of carbonyl (C=O) groups is 1. The van der Waals surface area contributed by atoms with Crippen LogP contribution in [0.15, 0.2) is 49.1 Å². The Morgan fingerprint density at radius 1 is 1.07 bits per heavy atom. The van der Waals surface area contributed by atoms with Crippen molar-refractivity contribution in [1.29, 1.82) is 5.26 Å². The standard InChI is InChI=1S/C35H40N6O2/c1-2-32(42)41-21-20-39(23-27(41)14-17-36)33-30-13-12-26(29-11-5-9-25-8-3-4-10-28(25)29)22-31(30)37-34(38-33)43-24-35-15-6-18-40(35)19-7-16-35/h2,5,9,11-13,22,27H,1,3-4,6-8,10,14-16,18-21,23-24H2/t27-/m0/s1. The number of benzene rings is 2. The van der Waals surface area contributed by atoms with Crippen LogP contribution in [0.3, 0.4) is 0 Å². The Bertz CT molecular complexity index is 1590. The quantitative estimate of drug-likeness (QED) is 0.353. The summed E-state index contributed by atoms with van der Waals surface area (Å²) in [5.41, 5.74) is 6.34. The highest BCUT2D eigenvalue weighted by Crippen LogP contribution is 2.40. The molecule has 0 radical (unpaired) electrons. The van der Waals surface area contributed by atoms with E-state index in [1.54, 1.807) is 4.90 Å². The molecule has 3 aliphatic heterocycles. The molecule has 0 N–H and O–H groups in total. The molecule has 3 saturated heterocycles. The van der Waals surface area contributed by atoms with E-state index in [2.05, 4.69) is 58.8 Å². The van der Waals surface area contributed by atoms with Crippen LogP contribution in [0.25, 0.3) is 22.0 Å². The fourth-order valence-corrected chi connectivity index (χ4v) is 8.01. The molecule has 8 nitrogen and oxygen atoms in total. The summed E-state index contributed by atoms with van der Waals surface area (Å²) in [5, 5.41) is 10.5. The predicted octanol–water partition coefficient (Wildman–Crippen LogP) is 5.30. The van der Waals surface area contributed by atoms with Gasteiger partial charge in [0.2, 0.25) is 5.91 Å². The number of hydrogen-bond donors (Lipinski definition) is 0. The zero-order valence-electron chi connectivity index (χ0n) is 24.9. The molecule has 222 valence electrons. The molecule has 0 saturated carbocycles. The van der Waals surface area contributed by atoms with E-state index in [1.165, 1.54) is 54.0 Å². The van der Waals surface area contributed by atoms with Crippen molar-refractivity contribution in [2.24, 2.45) is 0 Å². The number of ether oxygens (including phenoxy) is 1. The lowest BCUT2D eigenvalue weighted by atomic mass is 9.86. The first-order valence-electron chi connectivity index (χ1n) is 15.9. The molecule has 3 aromatic rings. The number of nitriles is 1. The van der Waals surface area contributed by atoms with E-state index in [0.717, 1.165) is 55.5 Å². The minimum Gasteiger partial charge on any atom is -0.461 e. The van der Waals surface area contributed by atoms with E-state index in [1.807, 2.05) is 0 Å². The molecule has 4 heterocycles. The van der Waals surface area contributed by atoms with Crippen molar-refractivity contribution >= 4 is 22.6 Å². The largest absolute Gasteiger partial charge is 0.461 e. The molecule has 0 spiro atoms. The molecule has 1 aliphatic carbocycles. The third kappa shape index (κ3) is 5.14. The average Bonchev–Trinajstić information content (AvgIpc) is 3.63. The van der Waals surface area contributed by atoms with Gasteiger partial charge < -0.3 is 14.5 Å². The van der Waals surface area contributed by atoms with Crippen LogP contribution < -0.4 is 9.64 Å². The maximum Gasteiger partial charge on any atom is 0.319 e. The summed E-state index contributed by atoms with van der Waals surface area (Å²) in [4.78, 5) is 29.1. The Kier molecular flexibility index (Phi) is 7.52. The second-order valence-corrected chi connectivity index (χ2v) is 12.6. The number of nitrogens with zero attached hydrogens (tertiary/aromatic N) is 6. The minimum absolute atomic E-state index is 0.0952. The number of amides is 1. The molecule has 0 bridgehead atoms. The van der Waals surface area contributed by atoms with Crippen molar-refractivity contribution in [2.75, 3.05) is 44.2 Å². The molecule has 2 aromatic carbocycles. The van der Waals surface area contributed by atoms with Crippen LogP contribution in [0.1, 0.15) is 56.1 Å². The van der Waals surface area contributed by atoms with Gasteiger partial charge in [0.1, 0.15) is 12.4 Å². The zero-order valence-corrected chi connectivity index (χ0v) is 24.9. The Labute approximate surface area is 254 Å². The number of anilines is 1. The van der Waals surface area contributed by atoms with Crippen molar-refractivity contribution in [3.8, 4) is 23.2 Å². The average molecular weight is 577 g/mol. The number of fused-ring (bicyclic) bond motifs is 3. The van der Waals surface area contributed by atoms with Crippen LogP contribution in [0.5, 0.6) is 6.01 Å². The lowest BCUT2D eigenvalue weighted by Crippen LogP contribution is -2.55. The van der Waals surface area contributed by atoms with E-state index < -0.39 is 0 Å². The van der Waals surface area contributed by atoms with Gasteiger partial charge >= 0.3 is 6.01 Å². The summed E-state index contributed by atoms with van der Waals surface area (Å²) in [6, 6.07) is 15.7. The van der Waals surface area contributed by atoms with E-state index in [-0.39, 0.29) is 23.9 Å². The molecule has 4 aliphatic rings. The first-order chi connectivity index (χ1) is 21.1. The highest BCUT2D eigenvalue weighted by molar-refractivity contribution is 5.93. The highest BCUT2D eigenvalue weighted by Gasteiger charge is 2.45. The molecule has 1 atom stereocenters. The van der Waals surface area contributed by atoms with Crippen LogP contribution in [-0.4, -0.2) is 76.6 Å². The number of carbonyl (C=O) groups excluding carboxylic acids is 1. The minimum atomic E-state index is -0.238. The van der Waals surface area contributed by atoms with E-state index in [0.29, 0.717) is 32.3 Å². The first kappa shape index (κ1) is 27.8. The van der Waals surface area contributed by atoms with Crippen molar-refractivity contribution in [3.05, 3.63) is 60.2 Å². The van der Waals surface area contributed by atoms with Gasteiger partial charge in [0, 0.05) is 25.0 Å². The second kappa shape index (κ2) is 11.6. The molecule has 1 aromatic heterocycles. The van der Waals surface area contributed by atoms with Crippen LogP contribution in [0.4, 0.5) is 5.82 Å². The maximum atomic E-state index is 12.6. The SMILES string of the molecule is C=CC(=O)N1CCN(c2nc(OCC34CCCN3CCC4)nc3cc(-c4cccc5c4CCCC5)ccc23)C[C@@H]1CC#N. The van der Waals surface area contributed by atoms with Crippen molar-refractivity contribution in [3.63, 3.8) is 0 Å². The van der Waals surface area contributed by atoms with Crippen LogP contribution in [-0.2, 0) is 17.6 Å². The molecule has 7 rings (SSSR count). The molecule has 8 heteroatoms. The third-order valence-corrected chi connectivity index (χ3v) is 10.2. The van der Waals surface area contributed by atoms with Gasteiger partial charge in [0.15, 0.2) is 0 Å². The van der Waals surface area contributed by atoms with Gasteiger partial charge in [0.25, 0.3) is 0 Å². The molecule has 0 unspecified atom stereocenters. The molecular formula is C35H40N6O2. The Morgan fingerprint density at radius 2 is 1.91 bits per heavy atom. The Morgan fingerprint density at radius 3 is 2.72 bits per heavy atom. The van der Waals surface area contributed by atoms with Gasteiger partial charge in [-0.15, -0.1) is 0 Å². The number of aryl methyl sites for hydroxylation is 1. The fourth-order valence-electron chi connectivity index (χ4n) is 8.01. The van der Waals surface area contributed by atoms with Gasteiger partial charge in [-0.05, 0) is 105 Å². The van der Waals surface area contributed by atoms with Gasteiger partial charge in [-0.1, -0.05) is 30.8 Å². The first-order valence-corrected chi connectivity index (χ1v) is 15.9. The predicted molar refractivity (Wildman–Crippen MR) is 168 cm³/mol. The van der Waals surface area contributed by atoms with Crippen LogP contribution in [0, 0.1) is 11.3 Å². The molecule has 43 heavy (non-hydrogen) atoms. The number of piperazine rings is 1. The lowest BCUT2D eigenvalue weighted by Gasteiger charge is -2.41. The fraction of sp³-hybridized carbons (Fsp3) is 0.486. The van der Waals surface area contributed by atoms with Crippen molar-refractivity contribution in [1.82, 2.24) is 19.8 Å². The Hall–Kier alpha value is -3.96. The summed E-state index contributed by atoms with van der Waals surface area (Å²) in [7, 11) is 0. The normalized spacial score (nSPS) is 21.3. The van der Waals surface area contributed by atoms with Crippen molar-refractivity contribution < 1.29 is 9.53 Å². The van der Waals surface area contributed by atoms with E-state index >= 15 is 0 Å². The summed E-state index contributed by atoms with van der Waals surface area (Å²) in [6.07, 6.45) is 11.1. The van der Waals surface area contributed by atoms with Crippen LogP contribution in [0.2, 0.25) is 0 Å². The molecule has 3 fully saturated rings. The summed E-state index contributed by atoms with van der Waals surface area (Å²) >= 11 is 0. The third-order valence-electron chi connectivity index (χ3n) is 10.2. The summed E-state index contributed by atoms with van der Waals surface area (Å²) in [6.45, 7) is 8.19. The Balaban J connectivity index is 1.27. The van der Waals surface area contributed by atoms with Gasteiger partial charge in [-0.25, -0.2) is 0 Å². The van der Waals surface area contributed by atoms with Gasteiger partial charge in [-0.3, -0.25) is 9.69 Å². The topological polar surface area (TPSA) is 85.6 Å². The lowest BCUT2D eigenvalue weighted by molar-refractivity contribution is -0.128. The smallest absolute Gasteiger partial charge is 0.319 e. The molecular weight excluding hydrogens is 536 g/mol. The highest BCUT2D eigenvalue weighted by atomic mass is 16.5. The van der Waals surface area contributed by atoms with Gasteiger partial charge in [-0.2, -0.15) is 15.2 Å². The number of rotatable bonds is 7. The number of aromatic nitrogens is 2.